The number of hydrogen-bond acceptors (Lipinski definition) is 7. The van der Waals surface area contributed by atoms with Gasteiger partial charge in [0.1, 0.15) is 6.10 Å². The van der Waals surface area contributed by atoms with Crippen molar-refractivity contribution in [3.05, 3.63) is 47.3 Å². The Balaban J connectivity index is 2.09. The molecule has 3 rings (SSSR count). The molecule has 2 aromatic rings. The number of halogens is 5. The van der Waals surface area contributed by atoms with E-state index in [9.17, 15) is 31.5 Å². The molecular formula is C22H22F5N3O5. The van der Waals surface area contributed by atoms with E-state index in [-0.39, 0.29) is 22.6 Å². The number of nitrogens with two attached hydrogens (primary N) is 1. The van der Waals surface area contributed by atoms with E-state index < -0.39 is 59.0 Å². The Morgan fingerprint density at radius 3 is 2.46 bits per heavy atom. The van der Waals surface area contributed by atoms with Crippen LogP contribution in [-0.4, -0.2) is 49.0 Å². The van der Waals surface area contributed by atoms with Crippen molar-refractivity contribution in [3.63, 3.8) is 0 Å². The number of hydrogen-bond donors (Lipinski definition) is 2. The van der Waals surface area contributed by atoms with Crippen LogP contribution in [0.5, 0.6) is 5.75 Å². The van der Waals surface area contributed by atoms with E-state index >= 15 is 0 Å². The van der Waals surface area contributed by atoms with Gasteiger partial charge >= 0.3 is 12.1 Å². The molecule has 1 amide bonds. The fourth-order valence-corrected chi connectivity index (χ4v) is 4.03. The van der Waals surface area contributed by atoms with Gasteiger partial charge in [0.05, 0.1) is 31.8 Å². The SMILES string of the molecule is COC(=O)c1cc(NC(=O)[C@@H]2O[C@@](C)(C(F)(F)F)[C@@H](C)[C@H]2c2ccc(F)c(F)c2OC)c(N)cn1. The topological polar surface area (TPSA) is 113 Å². The van der Waals surface area contributed by atoms with Gasteiger partial charge in [-0.25, -0.2) is 14.2 Å². The quantitative estimate of drug-likeness (QED) is 0.471. The van der Waals surface area contributed by atoms with Crippen molar-refractivity contribution < 1.29 is 45.8 Å². The summed E-state index contributed by atoms with van der Waals surface area (Å²) in [6.07, 6.45) is -5.70. The van der Waals surface area contributed by atoms with Crippen LogP contribution in [0.1, 0.15) is 35.8 Å². The molecule has 13 heteroatoms. The lowest BCUT2D eigenvalue weighted by atomic mass is 9.77. The molecular weight excluding hydrogens is 481 g/mol. The molecule has 1 saturated heterocycles. The fraction of sp³-hybridized carbons (Fsp3) is 0.409. The predicted octanol–water partition coefficient (Wildman–Crippen LogP) is 3.82. The second-order valence-electron chi connectivity index (χ2n) is 8.08. The van der Waals surface area contributed by atoms with Gasteiger partial charge in [0.25, 0.3) is 5.91 Å². The highest BCUT2D eigenvalue weighted by atomic mass is 19.4. The van der Waals surface area contributed by atoms with E-state index in [1.165, 1.54) is 6.92 Å². The van der Waals surface area contributed by atoms with Gasteiger partial charge < -0.3 is 25.3 Å². The number of ether oxygens (including phenoxy) is 3. The molecule has 0 bridgehead atoms. The summed E-state index contributed by atoms with van der Waals surface area (Å²) < 4.78 is 85.0. The van der Waals surface area contributed by atoms with Crippen LogP contribution in [0.4, 0.5) is 33.3 Å². The Bertz CT molecular complexity index is 1160. The lowest BCUT2D eigenvalue weighted by Gasteiger charge is -2.32. The highest BCUT2D eigenvalue weighted by Gasteiger charge is 2.66. The van der Waals surface area contributed by atoms with Gasteiger partial charge in [0, 0.05) is 17.4 Å². The molecule has 8 nitrogen and oxygen atoms in total. The minimum atomic E-state index is -4.92. The Labute approximate surface area is 196 Å². The van der Waals surface area contributed by atoms with Crippen molar-refractivity contribution >= 4 is 23.3 Å². The Hall–Kier alpha value is -3.48. The lowest BCUT2D eigenvalue weighted by molar-refractivity contribution is -0.272. The van der Waals surface area contributed by atoms with Crippen molar-refractivity contribution in [1.82, 2.24) is 4.98 Å². The summed E-state index contributed by atoms with van der Waals surface area (Å²) in [5.74, 6) is -8.11. The summed E-state index contributed by atoms with van der Waals surface area (Å²) >= 11 is 0. The van der Waals surface area contributed by atoms with E-state index in [1.807, 2.05) is 0 Å². The van der Waals surface area contributed by atoms with Crippen LogP contribution < -0.4 is 15.8 Å². The van der Waals surface area contributed by atoms with Crippen LogP contribution >= 0.6 is 0 Å². The molecule has 0 aliphatic carbocycles. The highest BCUT2D eigenvalue weighted by Crippen LogP contribution is 2.55. The van der Waals surface area contributed by atoms with Crippen LogP contribution in [0.3, 0.4) is 0 Å². The third-order valence-electron chi connectivity index (χ3n) is 6.16. The van der Waals surface area contributed by atoms with E-state index in [0.29, 0.717) is 0 Å². The molecule has 0 spiro atoms. The van der Waals surface area contributed by atoms with Crippen LogP contribution in [0, 0.1) is 17.6 Å². The molecule has 190 valence electrons. The Morgan fingerprint density at radius 2 is 1.89 bits per heavy atom. The minimum Gasteiger partial charge on any atom is -0.493 e. The first-order valence-corrected chi connectivity index (χ1v) is 10.2. The molecule has 0 radical (unpaired) electrons. The van der Waals surface area contributed by atoms with Gasteiger partial charge in [-0.2, -0.15) is 17.6 Å². The first-order valence-electron chi connectivity index (χ1n) is 10.2. The second-order valence-corrected chi connectivity index (χ2v) is 8.08. The van der Waals surface area contributed by atoms with Crippen molar-refractivity contribution in [2.45, 2.75) is 37.6 Å². The maximum atomic E-state index is 14.4. The molecule has 3 N–H and O–H groups in total. The largest absolute Gasteiger partial charge is 0.493 e. The summed E-state index contributed by atoms with van der Waals surface area (Å²) in [6.45, 7) is 1.95. The number of anilines is 2. The smallest absolute Gasteiger partial charge is 0.417 e. The number of benzene rings is 1. The summed E-state index contributed by atoms with van der Waals surface area (Å²) in [6, 6.07) is 2.84. The maximum absolute atomic E-state index is 14.4. The van der Waals surface area contributed by atoms with Gasteiger partial charge in [-0.05, 0) is 19.1 Å². The summed E-state index contributed by atoms with van der Waals surface area (Å²) in [5.41, 5.74) is 2.32. The summed E-state index contributed by atoms with van der Waals surface area (Å²) in [7, 11) is 2.12. The predicted molar refractivity (Wildman–Crippen MR) is 113 cm³/mol. The van der Waals surface area contributed by atoms with Crippen molar-refractivity contribution in [1.29, 1.82) is 0 Å². The monoisotopic (exact) mass is 503 g/mol. The number of nitrogens with one attached hydrogen (secondary N) is 1. The fourth-order valence-electron chi connectivity index (χ4n) is 4.03. The zero-order chi connectivity index (χ0) is 26.3. The maximum Gasteiger partial charge on any atom is 0.417 e. The molecule has 0 unspecified atom stereocenters. The third kappa shape index (κ3) is 4.47. The van der Waals surface area contributed by atoms with Crippen molar-refractivity contribution in [2.24, 2.45) is 5.92 Å². The number of alkyl halides is 3. The lowest BCUT2D eigenvalue weighted by Crippen LogP contribution is -2.47. The number of amides is 1. The molecule has 2 heterocycles. The van der Waals surface area contributed by atoms with Crippen molar-refractivity contribution in [2.75, 3.05) is 25.3 Å². The number of aromatic nitrogens is 1. The molecule has 1 fully saturated rings. The van der Waals surface area contributed by atoms with Gasteiger partial charge in [0.15, 0.2) is 22.9 Å². The van der Waals surface area contributed by atoms with Gasteiger partial charge in [-0.1, -0.05) is 13.0 Å². The molecule has 35 heavy (non-hydrogen) atoms. The third-order valence-corrected chi connectivity index (χ3v) is 6.16. The summed E-state index contributed by atoms with van der Waals surface area (Å²) in [5, 5.41) is 2.33. The molecule has 4 atom stereocenters. The van der Waals surface area contributed by atoms with E-state index in [4.69, 9.17) is 15.2 Å². The van der Waals surface area contributed by atoms with Crippen LogP contribution in [0.15, 0.2) is 24.4 Å². The van der Waals surface area contributed by atoms with E-state index in [0.717, 1.165) is 45.5 Å². The zero-order valence-electron chi connectivity index (χ0n) is 19.0. The zero-order valence-corrected chi connectivity index (χ0v) is 19.0. The number of esters is 1. The average Bonchev–Trinajstić information content (AvgIpc) is 3.08. The highest BCUT2D eigenvalue weighted by molar-refractivity contribution is 5.99. The number of carbonyl (C=O) groups excluding carboxylic acids is 2. The Kier molecular flexibility index (Phi) is 6.93. The molecule has 1 aliphatic rings. The number of carbonyl (C=O) groups is 2. The first-order chi connectivity index (χ1) is 16.3. The van der Waals surface area contributed by atoms with Crippen molar-refractivity contribution in [3.8, 4) is 5.75 Å². The molecule has 1 aliphatic heterocycles. The second kappa shape index (κ2) is 9.29. The number of methoxy groups -OCH3 is 2. The molecule has 1 aromatic heterocycles. The van der Waals surface area contributed by atoms with Gasteiger partial charge in [0.2, 0.25) is 5.82 Å². The minimum absolute atomic E-state index is 0.0995. The number of nitrogens with zero attached hydrogens (tertiary/aromatic N) is 1. The number of nitrogen functional groups attached to an aromatic ring is 1. The van der Waals surface area contributed by atoms with E-state index in [1.54, 1.807) is 0 Å². The number of pyridine rings is 1. The van der Waals surface area contributed by atoms with Crippen LogP contribution in [-0.2, 0) is 14.3 Å². The van der Waals surface area contributed by atoms with Gasteiger partial charge in [-0.15, -0.1) is 0 Å². The van der Waals surface area contributed by atoms with Gasteiger partial charge in [-0.3, -0.25) is 4.79 Å². The van der Waals surface area contributed by atoms with Crippen LogP contribution in [0.25, 0.3) is 0 Å². The Morgan fingerprint density at radius 1 is 1.23 bits per heavy atom. The molecule has 0 saturated carbocycles. The standard InChI is InChI=1S/C22H22F5N3O5/c1-9-15(10-5-6-11(23)16(24)17(10)33-3)18(35-21(9,2)22(25,26)27)19(31)30-13-7-14(20(32)34-4)29-8-12(13)28/h5-9,15,18H,28H2,1-4H3,(H,29,30,31)/t9-,15-,18+,21+/m0/s1. The first kappa shape index (κ1) is 26.1. The normalized spacial score (nSPS) is 24.2. The van der Waals surface area contributed by atoms with Crippen LogP contribution in [0.2, 0.25) is 0 Å². The molecule has 1 aromatic carbocycles. The average molecular weight is 503 g/mol. The summed E-state index contributed by atoms with van der Waals surface area (Å²) in [4.78, 5) is 28.7. The van der Waals surface area contributed by atoms with E-state index in [2.05, 4.69) is 15.0 Å². The number of rotatable bonds is 5.